The molecule has 94 valence electrons. The molecule has 0 aromatic heterocycles. The van der Waals surface area contributed by atoms with E-state index in [4.69, 9.17) is 23.2 Å². The van der Waals surface area contributed by atoms with Crippen LogP contribution in [0.15, 0.2) is 22.7 Å². The minimum Gasteiger partial charge on any atom is -0.312 e. The molecule has 1 aromatic carbocycles. The van der Waals surface area contributed by atoms with E-state index in [9.17, 15) is 0 Å². The smallest absolute Gasteiger partial charge is 0.0462 e. The van der Waals surface area contributed by atoms with Crippen molar-refractivity contribution < 1.29 is 0 Å². The highest BCUT2D eigenvalue weighted by molar-refractivity contribution is 9.10. The first kappa shape index (κ1) is 13.7. The summed E-state index contributed by atoms with van der Waals surface area (Å²) in [6, 6.07) is 6.01. The van der Waals surface area contributed by atoms with E-state index in [2.05, 4.69) is 27.3 Å². The first-order valence-electron chi connectivity index (χ1n) is 5.94. The third-order valence-corrected chi connectivity index (χ3v) is 4.48. The molecule has 0 heterocycles. The van der Waals surface area contributed by atoms with Crippen molar-refractivity contribution in [2.24, 2.45) is 5.92 Å². The second kappa shape index (κ2) is 6.42. The molecule has 1 aliphatic rings. The number of alkyl halides is 1. The number of nitrogens with one attached hydrogen (secondary N) is 1. The molecular formula is C13H16BrCl2N. The Morgan fingerprint density at radius 1 is 1.35 bits per heavy atom. The zero-order chi connectivity index (χ0) is 12.3. The third-order valence-electron chi connectivity index (χ3n) is 3.24. The van der Waals surface area contributed by atoms with Crippen LogP contribution in [0.3, 0.4) is 0 Å². The minimum atomic E-state index is 0.387. The Morgan fingerprint density at radius 2 is 2.18 bits per heavy atom. The standard InChI is InChI=1S/C13H16BrCl2N/c14-11-3-2-10(13(16)6-11)8-17-7-9-1-4-12(15)5-9/h2-3,6,9,12,17H,1,4-5,7-8H2. The van der Waals surface area contributed by atoms with Gasteiger partial charge in [0.05, 0.1) is 0 Å². The maximum Gasteiger partial charge on any atom is 0.0462 e. The van der Waals surface area contributed by atoms with Crippen LogP contribution in [0.4, 0.5) is 0 Å². The lowest BCUT2D eigenvalue weighted by atomic mass is 10.1. The molecule has 1 aromatic rings. The molecule has 1 N–H and O–H groups in total. The van der Waals surface area contributed by atoms with Crippen molar-refractivity contribution in [3.05, 3.63) is 33.3 Å². The zero-order valence-electron chi connectivity index (χ0n) is 9.56. The van der Waals surface area contributed by atoms with Gasteiger partial charge in [0.15, 0.2) is 0 Å². The van der Waals surface area contributed by atoms with Gasteiger partial charge < -0.3 is 5.32 Å². The van der Waals surface area contributed by atoms with E-state index in [1.165, 1.54) is 6.42 Å². The molecular weight excluding hydrogens is 321 g/mol. The normalized spacial score (nSPS) is 24.2. The predicted octanol–water partition coefficient (Wildman–Crippen LogP) is 4.60. The van der Waals surface area contributed by atoms with E-state index in [-0.39, 0.29) is 0 Å². The number of rotatable bonds is 4. The molecule has 0 aliphatic heterocycles. The Labute approximate surface area is 121 Å². The molecule has 0 radical (unpaired) electrons. The van der Waals surface area contributed by atoms with Crippen molar-refractivity contribution in [2.75, 3.05) is 6.54 Å². The van der Waals surface area contributed by atoms with Gasteiger partial charge in [0.1, 0.15) is 0 Å². The quantitative estimate of drug-likeness (QED) is 0.792. The molecule has 4 heteroatoms. The molecule has 2 atom stereocenters. The maximum absolute atomic E-state index is 6.16. The van der Waals surface area contributed by atoms with Crippen molar-refractivity contribution in [3.63, 3.8) is 0 Å². The van der Waals surface area contributed by atoms with E-state index in [0.29, 0.717) is 5.38 Å². The molecule has 0 saturated heterocycles. The van der Waals surface area contributed by atoms with Crippen LogP contribution < -0.4 is 5.32 Å². The minimum absolute atomic E-state index is 0.387. The second-order valence-corrected chi connectivity index (χ2v) is 6.58. The zero-order valence-corrected chi connectivity index (χ0v) is 12.7. The summed E-state index contributed by atoms with van der Waals surface area (Å²) in [6.07, 6.45) is 3.55. The van der Waals surface area contributed by atoms with Gasteiger partial charge in [0, 0.05) is 21.4 Å². The maximum atomic E-state index is 6.16. The van der Waals surface area contributed by atoms with Gasteiger partial charge >= 0.3 is 0 Å². The number of halogens is 3. The molecule has 2 unspecified atom stereocenters. The average molecular weight is 337 g/mol. The van der Waals surface area contributed by atoms with Crippen molar-refractivity contribution in [3.8, 4) is 0 Å². The molecule has 0 amide bonds. The Bertz CT molecular complexity index is 384. The van der Waals surface area contributed by atoms with Crippen molar-refractivity contribution in [2.45, 2.75) is 31.2 Å². The SMILES string of the molecule is Clc1cc(Br)ccc1CNCC1CCC(Cl)C1. The van der Waals surface area contributed by atoms with Crippen LogP contribution in [0.5, 0.6) is 0 Å². The van der Waals surface area contributed by atoms with E-state index < -0.39 is 0 Å². The van der Waals surface area contributed by atoms with Gasteiger partial charge in [-0.2, -0.15) is 0 Å². The van der Waals surface area contributed by atoms with Crippen LogP contribution in [0.25, 0.3) is 0 Å². The van der Waals surface area contributed by atoms with Gasteiger partial charge in [-0.3, -0.25) is 0 Å². The summed E-state index contributed by atoms with van der Waals surface area (Å²) in [5.74, 6) is 0.728. The molecule has 0 bridgehead atoms. The third kappa shape index (κ3) is 4.13. The Kier molecular flexibility index (Phi) is 5.16. The summed E-state index contributed by atoms with van der Waals surface area (Å²) in [4.78, 5) is 0. The highest BCUT2D eigenvalue weighted by Gasteiger charge is 2.22. The number of benzene rings is 1. The fourth-order valence-corrected chi connectivity index (χ4v) is 3.39. The molecule has 17 heavy (non-hydrogen) atoms. The van der Waals surface area contributed by atoms with Gasteiger partial charge in [-0.25, -0.2) is 0 Å². The molecule has 1 nitrogen and oxygen atoms in total. The Morgan fingerprint density at radius 3 is 2.82 bits per heavy atom. The second-order valence-electron chi connectivity index (χ2n) is 4.64. The molecule has 1 saturated carbocycles. The van der Waals surface area contributed by atoms with E-state index in [1.807, 2.05) is 12.1 Å². The monoisotopic (exact) mass is 335 g/mol. The van der Waals surface area contributed by atoms with Crippen LogP contribution in [-0.4, -0.2) is 11.9 Å². The van der Waals surface area contributed by atoms with E-state index >= 15 is 0 Å². The van der Waals surface area contributed by atoms with Gasteiger partial charge in [-0.1, -0.05) is 33.6 Å². The van der Waals surface area contributed by atoms with Crippen LogP contribution in [0.2, 0.25) is 5.02 Å². The summed E-state index contributed by atoms with van der Waals surface area (Å²) >= 11 is 15.7. The summed E-state index contributed by atoms with van der Waals surface area (Å²) < 4.78 is 1.02. The summed E-state index contributed by atoms with van der Waals surface area (Å²) in [7, 11) is 0. The lowest BCUT2D eigenvalue weighted by Crippen LogP contribution is -2.21. The highest BCUT2D eigenvalue weighted by Crippen LogP contribution is 2.29. The summed E-state index contributed by atoms with van der Waals surface area (Å²) in [5, 5.41) is 4.67. The molecule has 0 spiro atoms. The summed E-state index contributed by atoms with van der Waals surface area (Å²) in [6.45, 7) is 1.87. The summed E-state index contributed by atoms with van der Waals surface area (Å²) in [5.41, 5.74) is 1.15. The number of hydrogen-bond acceptors (Lipinski definition) is 1. The van der Waals surface area contributed by atoms with E-state index in [0.717, 1.165) is 46.9 Å². The van der Waals surface area contributed by atoms with Crippen molar-refractivity contribution in [1.82, 2.24) is 5.32 Å². The lowest BCUT2D eigenvalue weighted by molar-refractivity contribution is 0.490. The Hall–Kier alpha value is 0.240. The van der Waals surface area contributed by atoms with Crippen LogP contribution in [0.1, 0.15) is 24.8 Å². The van der Waals surface area contributed by atoms with Gasteiger partial charge in [0.2, 0.25) is 0 Å². The largest absolute Gasteiger partial charge is 0.312 e. The highest BCUT2D eigenvalue weighted by atomic mass is 79.9. The predicted molar refractivity (Wildman–Crippen MR) is 77.8 cm³/mol. The van der Waals surface area contributed by atoms with Crippen molar-refractivity contribution >= 4 is 39.1 Å². The molecule has 1 aliphatic carbocycles. The van der Waals surface area contributed by atoms with Gasteiger partial charge in [-0.15, -0.1) is 11.6 Å². The fourth-order valence-electron chi connectivity index (χ4n) is 2.28. The topological polar surface area (TPSA) is 12.0 Å². The van der Waals surface area contributed by atoms with Crippen molar-refractivity contribution in [1.29, 1.82) is 0 Å². The van der Waals surface area contributed by atoms with Gasteiger partial charge in [0.25, 0.3) is 0 Å². The van der Waals surface area contributed by atoms with E-state index in [1.54, 1.807) is 0 Å². The van der Waals surface area contributed by atoms with Gasteiger partial charge in [-0.05, 0) is 49.4 Å². The fraction of sp³-hybridized carbons (Fsp3) is 0.538. The first-order chi connectivity index (χ1) is 8.15. The molecule has 1 fully saturated rings. The number of hydrogen-bond donors (Lipinski definition) is 1. The van der Waals surface area contributed by atoms with Crippen LogP contribution >= 0.6 is 39.1 Å². The lowest BCUT2D eigenvalue weighted by Gasteiger charge is -2.11. The first-order valence-corrected chi connectivity index (χ1v) is 7.54. The molecule has 2 rings (SSSR count). The Balaban J connectivity index is 1.78. The van der Waals surface area contributed by atoms with Crippen LogP contribution in [0, 0.1) is 5.92 Å². The van der Waals surface area contributed by atoms with Crippen LogP contribution in [-0.2, 0) is 6.54 Å². The average Bonchev–Trinajstić information content (AvgIpc) is 2.68.